The molecule has 31 heavy (non-hydrogen) atoms. The molecule has 0 spiro atoms. The molecule has 0 radical (unpaired) electrons. The van der Waals surface area contributed by atoms with Crippen LogP contribution in [0, 0.1) is 5.92 Å². The molecule has 0 aromatic heterocycles. The lowest BCUT2D eigenvalue weighted by atomic mass is 9.98. The molecule has 0 N–H and O–H groups in total. The second kappa shape index (κ2) is 10.7. The molecule has 2 rings (SSSR count). The number of piperidine rings is 1. The fourth-order valence-electron chi connectivity index (χ4n) is 3.29. The summed E-state index contributed by atoms with van der Waals surface area (Å²) in [5.74, 6) is -1.46. The van der Waals surface area contributed by atoms with Crippen molar-refractivity contribution in [2.75, 3.05) is 47.4 Å². The summed E-state index contributed by atoms with van der Waals surface area (Å²) < 4.78 is 30.5. The first-order valence-corrected chi connectivity index (χ1v) is 11.4. The molecule has 1 aliphatic heterocycles. The van der Waals surface area contributed by atoms with Crippen molar-refractivity contribution < 1.29 is 32.4 Å². The molecule has 0 aliphatic carbocycles. The molecule has 1 aromatic rings. The topological polar surface area (TPSA) is 114 Å². The van der Waals surface area contributed by atoms with E-state index in [1.807, 2.05) is 0 Å². The highest BCUT2D eigenvalue weighted by Gasteiger charge is 2.30. The first-order chi connectivity index (χ1) is 14.6. The zero-order valence-corrected chi connectivity index (χ0v) is 19.1. The number of likely N-dealkylation sites (N-methyl/N-ethyl adjacent to an activating group) is 1. The highest BCUT2D eigenvalue weighted by molar-refractivity contribution is 7.89. The third-order valence-corrected chi connectivity index (χ3v) is 6.76. The van der Waals surface area contributed by atoms with Crippen molar-refractivity contribution in [1.29, 1.82) is 0 Å². The second-order valence-electron chi connectivity index (χ2n) is 7.22. The summed E-state index contributed by atoms with van der Waals surface area (Å²) in [6, 6.07) is 5.53. The van der Waals surface area contributed by atoms with Gasteiger partial charge in [-0.25, -0.2) is 8.42 Å². The molecule has 0 bridgehead atoms. The van der Waals surface area contributed by atoms with E-state index < -0.39 is 15.9 Å². The van der Waals surface area contributed by atoms with Crippen LogP contribution >= 0.6 is 0 Å². The van der Waals surface area contributed by atoms with Gasteiger partial charge in [0.1, 0.15) is 0 Å². The number of carbonyl (C=O) groups excluding carboxylic acids is 3. The minimum absolute atomic E-state index is 0.101. The molecule has 1 saturated heterocycles. The van der Waals surface area contributed by atoms with E-state index in [4.69, 9.17) is 9.57 Å². The fourth-order valence-corrected chi connectivity index (χ4v) is 4.31. The van der Waals surface area contributed by atoms with Gasteiger partial charge in [-0.1, -0.05) is 10.5 Å². The molecule has 1 unspecified atom stereocenters. The van der Waals surface area contributed by atoms with Gasteiger partial charge in [-0.2, -0.15) is 0 Å². The van der Waals surface area contributed by atoms with Gasteiger partial charge in [0, 0.05) is 32.7 Å². The van der Waals surface area contributed by atoms with Crippen LogP contribution in [0.15, 0.2) is 29.2 Å². The number of hydroxylamine groups is 1. The standard InChI is InChI=1S/C20H29N3O7S/c1-5-30-20(26)16-9-7-11-23(13-16)18(24)14-21(2)19(25)15-8-6-10-17(12-15)31(27,28)22(3)29-4/h6,8,10,12,16H,5,7,9,11,13-14H2,1-4H3. The number of likely N-dealkylation sites (tertiary alicyclic amines) is 1. The van der Waals surface area contributed by atoms with Crippen molar-refractivity contribution >= 4 is 27.8 Å². The van der Waals surface area contributed by atoms with E-state index in [9.17, 15) is 22.8 Å². The molecule has 1 aromatic carbocycles. The third kappa shape index (κ3) is 6.02. The van der Waals surface area contributed by atoms with Gasteiger partial charge < -0.3 is 14.5 Å². The molecule has 172 valence electrons. The lowest BCUT2D eigenvalue weighted by Gasteiger charge is -2.32. The fraction of sp³-hybridized carbons (Fsp3) is 0.550. The predicted octanol–water partition coefficient (Wildman–Crippen LogP) is 0.742. The first kappa shape index (κ1) is 24.8. The smallest absolute Gasteiger partial charge is 0.310 e. The molecule has 2 amide bonds. The second-order valence-corrected chi connectivity index (χ2v) is 9.15. The number of nitrogens with zero attached hydrogens (tertiary/aromatic N) is 3. The van der Waals surface area contributed by atoms with Crippen LogP contribution in [-0.2, 0) is 29.2 Å². The van der Waals surface area contributed by atoms with Crippen molar-refractivity contribution in [3.05, 3.63) is 29.8 Å². The van der Waals surface area contributed by atoms with E-state index >= 15 is 0 Å². The van der Waals surface area contributed by atoms with Crippen LogP contribution in [0.4, 0.5) is 0 Å². The maximum atomic E-state index is 12.8. The summed E-state index contributed by atoms with van der Waals surface area (Å²) in [5, 5.41) is 0. The largest absolute Gasteiger partial charge is 0.466 e. The summed E-state index contributed by atoms with van der Waals surface area (Å²) in [6.45, 7) is 2.60. The van der Waals surface area contributed by atoms with Crippen molar-refractivity contribution in [3.8, 4) is 0 Å². The zero-order chi connectivity index (χ0) is 23.2. The van der Waals surface area contributed by atoms with Crippen molar-refractivity contribution in [2.45, 2.75) is 24.7 Å². The monoisotopic (exact) mass is 455 g/mol. The number of amides is 2. The van der Waals surface area contributed by atoms with Crippen LogP contribution < -0.4 is 0 Å². The van der Waals surface area contributed by atoms with Crippen molar-refractivity contribution in [2.24, 2.45) is 5.92 Å². The van der Waals surface area contributed by atoms with Crippen molar-refractivity contribution in [1.82, 2.24) is 14.3 Å². The molecule has 1 fully saturated rings. The number of esters is 1. The van der Waals surface area contributed by atoms with Crippen LogP contribution in [0.2, 0.25) is 0 Å². The average Bonchev–Trinajstić information content (AvgIpc) is 2.78. The van der Waals surface area contributed by atoms with Crippen LogP contribution in [0.25, 0.3) is 0 Å². The van der Waals surface area contributed by atoms with Gasteiger partial charge in [-0.15, -0.1) is 0 Å². The minimum Gasteiger partial charge on any atom is -0.466 e. The van der Waals surface area contributed by atoms with Gasteiger partial charge in [0.2, 0.25) is 5.91 Å². The molecule has 1 heterocycles. The summed E-state index contributed by atoms with van der Waals surface area (Å²) in [4.78, 5) is 44.9. The summed E-state index contributed by atoms with van der Waals surface area (Å²) >= 11 is 0. The highest BCUT2D eigenvalue weighted by Crippen LogP contribution is 2.19. The Morgan fingerprint density at radius 2 is 1.94 bits per heavy atom. The molecule has 0 saturated carbocycles. The van der Waals surface area contributed by atoms with Crippen LogP contribution in [0.3, 0.4) is 0 Å². The average molecular weight is 456 g/mol. The Balaban J connectivity index is 2.06. The number of hydrogen-bond acceptors (Lipinski definition) is 7. The number of sulfonamides is 1. The van der Waals surface area contributed by atoms with Crippen LogP contribution in [0.5, 0.6) is 0 Å². The van der Waals surface area contributed by atoms with Crippen LogP contribution in [-0.4, -0.2) is 87.9 Å². The Morgan fingerprint density at radius 3 is 2.58 bits per heavy atom. The maximum Gasteiger partial charge on any atom is 0.310 e. The SMILES string of the molecule is CCOC(=O)C1CCCN(C(=O)CN(C)C(=O)c2cccc(S(=O)(=O)N(C)OC)c2)C1. The first-order valence-electron chi connectivity index (χ1n) is 9.94. The van der Waals surface area contributed by atoms with Gasteiger partial charge in [0.25, 0.3) is 15.9 Å². The van der Waals surface area contributed by atoms with Gasteiger partial charge in [0.05, 0.1) is 31.1 Å². The Morgan fingerprint density at radius 1 is 1.23 bits per heavy atom. The molecular weight excluding hydrogens is 426 g/mol. The summed E-state index contributed by atoms with van der Waals surface area (Å²) in [6.07, 6.45) is 1.34. The van der Waals surface area contributed by atoms with E-state index in [1.54, 1.807) is 11.8 Å². The number of benzene rings is 1. The van der Waals surface area contributed by atoms with Crippen LogP contribution in [0.1, 0.15) is 30.1 Å². The summed E-state index contributed by atoms with van der Waals surface area (Å²) in [7, 11) is 0.0272. The zero-order valence-electron chi connectivity index (χ0n) is 18.2. The molecule has 1 aliphatic rings. The molecular formula is C20H29N3O7S. The number of ether oxygens (including phenoxy) is 1. The Hall–Kier alpha value is -2.50. The van der Waals surface area contributed by atoms with E-state index in [-0.39, 0.29) is 47.9 Å². The molecule has 1 atom stereocenters. The number of carbonyl (C=O) groups is 3. The number of rotatable bonds is 8. The third-order valence-electron chi connectivity index (χ3n) is 5.09. The highest BCUT2D eigenvalue weighted by atomic mass is 32.2. The van der Waals surface area contributed by atoms with E-state index in [0.29, 0.717) is 23.9 Å². The Bertz CT molecular complexity index is 919. The number of hydrogen-bond donors (Lipinski definition) is 0. The van der Waals surface area contributed by atoms with Gasteiger partial charge in [0.15, 0.2) is 0 Å². The minimum atomic E-state index is -3.91. The lowest BCUT2D eigenvalue weighted by molar-refractivity contribution is -0.151. The normalized spacial score (nSPS) is 16.8. The summed E-state index contributed by atoms with van der Waals surface area (Å²) in [5.41, 5.74) is 0.129. The van der Waals surface area contributed by atoms with Gasteiger partial charge in [-0.05, 0) is 38.0 Å². The quantitative estimate of drug-likeness (QED) is 0.420. The predicted molar refractivity (Wildman–Crippen MR) is 111 cm³/mol. The lowest BCUT2D eigenvalue weighted by Crippen LogP contribution is -2.47. The van der Waals surface area contributed by atoms with Gasteiger partial charge >= 0.3 is 5.97 Å². The molecule has 10 nitrogen and oxygen atoms in total. The Kier molecular flexibility index (Phi) is 8.54. The molecule has 11 heteroatoms. The van der Waals surface area contributed by atoms with E-state index in [2.05, 4.69) is 0 Å². The van der Waals surface area contributed by atoms with Crippen molar-refractivity contribution in [3.63, 3.8) is 0 Å². The van der Waals surface area contributed by atoms with Gasteiger partial charge in [-0.3, -0.25) is 19.2 Å². The maximum absolute atomic E-state index is 12.8. The van der Waals surface area contributed by atoms with E-state index in [1.165, 1.54) is 50.4 Å². The Labute approximate surface area is 182 Å². The van der Waals surface area contributed by atoms with E-state index in [0.717, 1.165) is 0 Å².